The second kappa shape index (κ2) is 8.86. The number of methoxy groups -OCH3 is 1. The third kappa shape index (κ3) is 4.06. The minimum Gasteiger partial charge on any atom is -0.497 e. The van der Waals surface area contributed by atoms with Gasteiger partial charge in [0, 0.05) is 19.0 Å². The van der Waals surface area contributed by atoms with Crippen LogP contribution in [-0.4, -0.2) is 73.4 Å². The number of carbonyl (C=O) groups excluding carboxylic acids is 3. The fourth-order valence-corrected chi connectivity index (χ4v) is 4.94. The van der Waals surface area contributed by atoms with Crippen molar-refractivity contribution in [2.75, 3.05) is 45.2 Å². The predicted molar refractivity (Wildman–Crippen MR) is 124 cm³/mol. The van der Waals surface area contributed by atoms with Crippen LogP contribution in [0, 0.1) is 5.92 Å². The van der Waals surface area contributed by atoms with Gasteiger partial charge in [-0.15, -0.1) is 0 Å². The summed E-state index contributed by atoms with van der Waals surface area (Å²) in [6, 6.07) is 12.4. The first-order chi connectivity index (χ1) is 16.0. The Hall–Kier alpha value is -3.39. The van der Waals surface area contributed by atoms with E-state index in [9.17, 15) is 14.4 Å². The SMILES string of the molecule is COc1ccc(-c2ccc3c(c2)C(=O)N2CCN(C(=O)C4CCNCC4)CC2C(=O)N3)cc1. The van der Waals surface area contributed by atoms with Crippen LogP contribution in [0.3, 0.4) is 0 Å². The van der Waals surface area contributed by atoms with Gasteiger partial charge in [0.15, 0.2) is 0 Å². The van der Waals surface area contributed by atoms with Crippen LogP contribution in [0.5, 0.6) is 5.75 Å². The van der Waals surface area contributed by atoms with E-state index in [1.165, 1.54) is 0 Å². The summed E-state index contributed by atoms with van der Waals surface area (Å²) in [4.78, 5) is 42.9. The lowest BCUT2D eigenvalue weighted by atomic mass is 9.95. The number of hydrogen-bond donors (Lipinski definition) is 2. The molecule has 2 saturated heterocycles. The minimum atomic E-state index is -0.686. The van der Waals surface area contributed by atoms with Gasteiger partial charge in [-0.25, -0.2) is 0 Å². The van der Waals surface area contributed by atoms with E-state index in [0.29, 0.717) is 24.3 Å². The van der Waals surface area contributed by atoms with Gasteiger partial charge in [-0.3, -0.25) is 14.4 Å². The summed E-state index contributed by atoms with van der Waals surface area (Å²) in [5.41, 5.74) is 2.82. The zero-order valence-electron chi connectivity index (χ0n) is 18.7. The summed E-state index contributed by atoms with van der Waals surface area (Å²) >= 11 is 0. The molecule has 3 aliphatic rings. The van der Waals surface area contributed by atoms with E-state index in [1.54, 1.807) is 23.0 Å². The highest BCUT2D eigenvalue weighted by Gasteiger charge is 2.41. The summed E-state index contributed by atoms with van der Waals surface area (Å²) in [5, 5.41) is 6.20. The Balaban J connectivity index is 1.38. The summed E-state index contributed by atoms with van der Waals surface area (Å²) in [5.74, 6) is 0.419. The molecule has 2 aromatic rings. The van der Waals surface area contributed by atoms with Gasteiger partial charge < -0.3 is 25.2 Å². The standard InChI is InChI=1S/C25H28N4O4/c1-33-19-5-2-16(3-6-19)18-4-7-21-20(14-18)25(32)29-13-12-28(15-22(29)23(30)27-21)24(31)17-8-10-26-11-9-17/h2-7,14,17,22,26H,8-13,15H2,1H3,(H,27,30). The number of piperazine rings is 1. The number of carbonyl (C=O) groups is 3. The molecule has 0 spiro atoms. The molecular formula is C25H28N4O4. The first kappa shape index (κ1) is 21.5. The van der Waals surface area contributed by atoms with Crippen molar-refractivity contribution >= 4 is 23.4 Å². The van der Waals surface area contributed by atoms with E-state index in [4.69, 9.17) is 4.74 Å². The van der Waals surface area contributed by atoms with E-state index in [-0.39, 0.29) is 30.2 Å². The molecule has 8 nitrogen and oxygen atoms in total. The zero-order chi connectivity index (χ0) is 22.9. The van der Waals surface area contributed by atoms with Crippen molar-refractivity contribution < 1.29 is 19.1 Å². The second-order valence-electron chi connectivity index (χ2n) is 8.80. The van der Waals surface area contributed by atoms with Crippen molar-refractivity contribution in [1.29, 1.82) is 0 Å². The number of fused-ring (bicyclic) bond motifs is 2. The molecule has 3 amide bonds. The number of hydrogen-bond acceptors (Lipinski definition) is 5. The summed E-state index contributed by atoms with van der Waals surface area (Å²) in [7, 11) is 1.62. The first-order valence-corrected chi connectivity index (χ1v) is 11.4. The molecule has 8 heteroatoms. The van der Waals surface area contributed by atoms with Gasteiger partial charge in [0.2, 0.25) is 11.8 Å². The number of rotatable bonds is 3. The molecule has 2 aromatic carbocycles. The molecule has 0 radical (unpaired) electrons. The van der Waals surface area contributed by atoms with E-state index in [2.05, 4.69) is 10.6 Å². The van der Waals surface area contributed by atoms with Crippen LogP contribution in [-0.2, 0) is 9.59 Å². The number of anilines is 1. The molecule has 0 aromatic heterocycles. The summed E-state index contributed by atoms with van der Waals surface area (Å²) < 4.78 is 5.22. The highest BCUT2D eigenvalue weighted by molar-refractivity contribution is 6.10. The van der Waals surface area contributed by atoms with Crippen molar-refractivity contribution in [2.24, 2.45) is 5.92 Å². The molecule has 3 heterocycles. The highest BCUT2D eigenvalue weighted by atomic mass is 16.5. The van der Waals surface area contributed by atoms with Crippen molar-refractivity contribution in [2.45, 2.75) is 18.9 Å². The van der Waals surface area contributed by atoms with E-state index in [0.717, 1.165) is 42.8 Å². The Morgan fingerprint density at radius 3 is 2.45 bits per heavy atom. The van der Waals surface area contributed by atoms with Gasteiger partial charge in [0.25, 0.3) is 5.91 Å². The highest BCUT2D eigenvalue weighted by Crippen LogP contribution is 2.31. The Morgan fingerprint density at radius 2 is 1.73 bits per heavy atom. The number of benzene rings is 2. The number of piperidine rings is 1. The van der Waals surface area contributed by atoms with Crippen molar-refractivity contribution in [3.05, 3.63) is 48.0 Å². The van der Waals surface area contributed by atoms with Crippen LogP contribution in [0.2, 0.25) is 0 Å². The maximum atomic E-state index is 13.5. The molecule has 0 saturated carbocycles. The molecule has 3 aliphatic heterocycles. The number of ether oxygens (including phenoxy) is 1. The summed E-state index contributed by atoms with van der Waals surface area (Å²) in [6.45, 7) is 2.71. The molecule has 5 rings (SSSR count). The second-order valence-corrected chi connectivity index (χ2v) is 8.80. The number of nitrogens with zero attached hydrogens (tertiary/aromatic N) is 2. The molecule has 1 unspecified atom stereocenters. The zero-order valence-corrected chi connectivity index (χ0v) is 18.7. The van der Waals surface area contributed by atoms with Gasteiger partial charge in [0.05, 0.1) is 24.9 Å². The lowest BCUT2D eigenvalue weighted by Gasteiger charge is -2.41. The van der Waals surface area contributed by atoms with E-state index >= 15 is 0 Å². The van der Waals surface area contributed by atoms with Gasteiger partial charge in [0.1, 0.15) is 11.8 Å². The topological polar surface area (TPSA) is 91.0 Å². The van der Waals surface area contributed by atoms with Crippen molar-refractivity contribution in [3.63, 3.8) is 0 Å². The molecule has 1 atom stereocenters. The molecule has 0 bridgehead atoms. The lowest BCUT2D eigenvalue weighted by molar-refractivity contribution is -0.140. The quantitative estimate of drug-likeness (QED) is 0.749. The van der Waals surface area contributed by atoms with Gasteiger partial charge >= 0.3 is 0 Å². The van der Waals surface area contributed by atoms with Gasteiger partial charge in [-0.05, 0) is 61.3 Å². The molecule has 2 fully saturated rings. The minimum absolute atomic E-state index is 0.00778. The lowest BCUT2D eigenvalue weighted by Crippen LogP contribution is -2.60. The molecule has 2 N–H and O–H groups in total. The average Bonchev–Trinajstić information content (AvgIpc) is 2.98. The third-order valence-corrected chi connectivity index (χ3v) is 6.88. The van der Waals surface area contributed by atoms with Gasteiger partial charge in [-0.2, -0.15) is 0 Å². The Labute approximate surface area is 192 Å². The van der Waals surface area contributed by atoms with Crippen LogP contribution in [0.15, 0.2) is 42.5 Å². The van der Waals surface area contributed by atoms with Gasteiger partial charge in [-0.1, -0.05) is 18.2 Å². The fraction of sp³-hybridized carbons (Fsp3) is 0.400. The molecule has 0 aliphatic carbocycles. The van der Waals surface area contributed by atoms with Crippen LogP contribution < -0.4 is 15.4 Å². The molecular weight excluding hydrogens is 420 g/mol. The first-order valence-electron chi connectivity index (χ1n) is 11.4. The van der Waals surface area contributed by atoms with Crippen LogP contribution >= 0.6 is 0 Å². The smallest absolute Gasteiger partial charge is 0.256 e. The summed E-state index contributed by atoms with van der Waals surface area (Å²) in [6.07, 6.45) is 1.63. The number of amides is 3. The number of nitrogens with one attached hydrogen (secondary N) is 2. The maximum Gasteiger partial charge on any atom is 0.256 e. The van der Waals surface area contributed by atoms with Crippen molar-refractivity contribution in [3.8, 4) is 16.9 Å². The Kier molecular flexibility index (Phi) is 5.76. The Bertz CT molecular complexity index is 1080. The predicted octanol–water partition coefficient (Wildman–Crippen LogP) is 1.97. The average molecular weight is 449 g/mol. The Morgan fingerprint density at radius 1 is 1.00 bits per heavy atom. The fourth-order valence-electron chi connectivity index (χ4n) is 4.94. The monoisotopic (exact) mass is 448 g/mol. The molecule has 172 valence electrons. The largest absolute Gasteiger partial charge is 0.497 e. The van der Waals surface area contributed by atoms with Crippen LogP contribution in [0.4, 0.5) is 5.69 Å². The van der Waals surface area contributed by atoms with E-state index < -0.39 is 6.04 Å². The van der Waals surface area contributed by atoms with Crippen LogP contribution in [0.25, 0.3) is 11.1 Å². The van der Waals surface area contributed by atoms with Crippen molar-refractivity contribution in [1.82, 2.24) is 15.1 Å². The maximum absolute atomic E-state index is 13.5. The third-order valence-electron chi connectivity index (χ3n) is 6.88. The normalized spacial score (nSPS) is 21.1. The van der Waals surface area contributed by atoms with Crippen LogP contribution in [0.1, 0.15) is 23.2 Å². The molecule has 33 heavy (non-hydrogen) atoms. The van der Waals surface area contributed by atoms with E-state index in [1.807, 2.05) is 36.4 Å².